The number of amides is 1. The summed E-state index contributed by atoms with van der Waals surface area (Å²) in [5, 5.41) is 9.10. The number of carboxylic acid groups (broad SMARTS) is 1. The molecule has 1 amide bonds. The standard InChI is InChI=1S/C12H23NO3/c1-7-13(12(5,6)10(15)16)9(14)8-11(2,3)4/h7-8H2,1-6H3,(H,15,16). The van der Waals surface area contributed by atoms with Gasteiger partial charge in [0.15, 0.2) is 0 Å². The molecule has 0 saturated carbocycles. The number of rotatable bonds is 4. The van der Waals surface area contributed by atoms with Crippen molar-refractivity contribution in [3.63, 3.8) is 0 Å². The van der Waals surface area contributed by atoms with E-state index in [1.165, 1.54) is 4.90 Å². The van der Waals surface area contributed by atoms with E-state index in [1.807, 2.05) is 20.8 Å². The summed E-state index contributed by atoms with van der Waals surface area (Å²) < 4.78 is 0. The van der Waals surface area contributed by atoms with Crippen molar-refractivity contribution in [3.05, 3.63) is 0 Å². The molecule has 16 heavy (non-hydrogen) atoms. The summed E-state index contributed by atoms with van der Waals surface area (Å²) in [5.74, 6) is -1.08. The molecule has 0 aromatic rings. The summed E-state index contributed by atoms with van der Waals surface area (Å²) in [6, 6.07) is 0. The highest BCUT2D eigenvalue weighted by Crippen LogP contribution is 2.23. The van der Waals surface area contributed by atoms with Crippen molar-refractivity contribution in [2.24, 2.45) is 5.41 Å². The number of hydrogen-bond acceptors (Lipinski definition) is 2. The third kappa shape index (κ3) is 3.83. The third-order valence-corrected chi connectivity index (χ3v) is 2.50. The normalized spacial score (nSPS) is 12.4. The van der Waals surface area contributed by atoms with Crippen LogP contribution in [0.1, 0.15) is 48.0 Å². The van der Waals surface area contributed by atoms with Crippen LogP contribution in [0.5, 0.6) is 0 Å². The minimum atomic E-state index is -1.14. The van der Waals surface area contributed by atoms with E-state index in [9.17, 15) is 9.59 Å². The van der Waals surface area contributed by atoms with Gasteiger partial charge in [-0.15, -0.1) is 0 Å². The van der Waals surface area contributed by atoms with E-state index in [0.29, 0.717) is 13.0 Å². The predicted octanol–water partition coefficient (Wildman–Crippen LogP) is 2.13. The lowest BCUT2D eigenvalue weighted by Gasteiger charge is -2.36. The summed E-state index contributed by atoms with van der Waals surface area (Å²) in [7, 11) is 0. The average Bonchev–Trinajstić information content (AvgIpc) is 2.00. The van der Waals surface area contributed by atoms with Gasteiger partial charge in [0.1, 0.15) is 5.54 Å². The molecule has 0 unspecified atom stereocenters. The zero-order valence-corrected chi connectivity index (χ0v) is 11.1. The van der Waals surface area contributed by atoms with Crippen molar-refractivity contribution >= 4 is 11.9 Å². The van der Waals surface area contributed by atoms with Crippen LogP contribution in [0.4, 0.5) is 0 Å². The topological polar surface area (TPSA) is 57.6 Å². The molecular formula is C12H23NO3. The number of carboxylic acids is 1. The number of carbonyl (C=O) groups is 2. The molecule has 0 saturated heterocycles. The van der Waals surface area contributed by atoms with Crippen LogP contribution in [0.15, 0.2) is 0 Å². The lowest BCUT2D eigenvalue weighted by atomic mass is 9.90. The third-order valence-electron chi connectivity index (χ3n) is 2.50. The summed E-state index contributed by atoms with van der Waals surface area (Å²) in [6.07, 6.45) is 0.359. The van der Waals surface area contributed by atoms with E-state index in [-0.39, 0.29) is 11.3 Å². The van der Waals surface area contributed by atoms with Crippen molar-refractivity contribution < 1.29 is 14.7 Å². The minimum Gasteiger partial charge on any atom is -0.480 e. The first-order valence-electron chi connectivity index (χ1n) is 5.56. The monoisotopic (exact) mass is 229 g/mol. The van der Waals surface area contributed by atoms with Crippen molar-refractivity contribution in [1.29, 1.82) is 0 Å². The molecule has 0 spiro atoms. The molecule has 0 rings (SSSR count). The minimum absolute atomic E-state index is 0.109. The Labute approximate surface area is 97.6 Å². The Kier molecular flexibility index (Phi) is 4.53. The van der Waals surface area contributed by atoms with Crippen molar-refractivity contribution in [3.8, 4) is 0 Å². The van der Waals surface area contributed by atoms with E-state index in [2.05, 4.69) is 0 Å². The highest BCUT2D eigenvalue weighted by Gasteiger charge is 2.37. The average molecular weight is 229 g/mol. The molecule has 0 aliphatic carbocycles. The van der Waals surface area contributed by atoms with Crippen molar-refractivity contribution in [2.75, 3.05) is 6.54 Å². The predicted molar refractivity (Wildman–Crippen MR) is 63.2 cm³/mol. The number of carbonyl (C=O) groups excluding carboxylic acids is 1. The van der Waals surface area contributed by atoms with Crippen molar-refractivity contribution in [2.45, 2.75) is 53.5 Å². The first-order valence-corrected chi connectivity index (χ1v) is 5.56. The quantitative estimate of drug-likeness (QED) is 0.803. The van der Waals surface area contributed by atoms with Crippen LogP contribution in [0.25, 0.3) is 0 Å². The van der Waals surface area contributed by atoms with Gasteiger partial charge in [0.2, 0.25) is 5.91 Å². The van der Waals surface area contributed by atoms with Gasteiger partial charge in [0, 0.05) is 13.0 Å². The molecule has 4 heteroatoms. The fourth-order valence-electron chi connectivity index (χ4n) is 1.55. The zero-order valence-electron chi connectivity index (χ0n) is 11.1. The molecule has 0 atom stereocenters. The largest absolute Gasteiger partial charge is 0.480 e. The molecule has 1 N–H and O–H groups in total. The number of likely N-dealkylation sites (N-methyl/N-ethyl adjacent to an activating group) is 1. The molecular weight excluding hydrogens is 206 g/mol. The first kappa shape index (κ1) is 14.9. The van der Waals surface area contributed by atoms with Crippen LogP contribution < -0.4 is 0 Å². The smallest absolute Gasteiger partial charge is 0.329 e. The lowest BCUT2D eigenvalue weighted by Crippen LogP contribution is -2.53. The number of aliphatic carboxylic acids is 1. The second kappa shape index (κ2) is 4.85. The highest BCUT2D eigenvalue weighted by atomic mass is 16.4. The summed E-state index contributed by atoms with van der Waals surface area (Å²) in [4.78, 5) is 24.5. The summed E-state index contributed by atoms with van der Waals surface area (Å²) in [6.45, 7) is 11.2. The van der Waals surface area contributed by atoms with Gasteiger partial charge in [-0.2, -0.15) is 0 Å². The van der Waals surface area contributed by atoms with Crippen LogP contribution in [-0.2, 0) is 9.59 Å². The van der Waals surface area contributed by atoms with E-state index in [1.54, 1.807) is 20.8 Å². The Balaban J connectivity index is 4.88. The second-order valence-corrected chi connectivity index (χ2v) is 5.74. The van der Waals surface area contributed by atoms with E-state index in [4.69, 9.17) is 5.11 Å². The maximum Gasteiger partial charge on any atom is 0.329 e. The highest BCUT2D eigenvalue weighted by molar-refractivity contribution is 5.86. The molecule has 94 valence electrons. The maximum absolute atomic E-state index is 12.0. The number of hydrogen-bond donors (Lipinski definition) is 1. The van der Waals surface area contributed by atoms with Crippen LogP contribution in [-0.4, -0.2) is 34.0 Å². The number of nitrogens with zero attached hydrogens (tertiary/aromatic N) is 1. The Hall–Kier alpha value is -1.06. The van der Waals surface area contributed by atoms with E-state index in [0.717, 1.165) is 0 Å². The SMILES string of the molecule is CCN(C(=O)CC(C)(C)C)C(C)(C)C(=O)O. The lowest BCUT2D eigenvalue weighted by molar-refractivity contribution is -0.157. The van der Waals surface area contributed by atoms with Gasteiger partial charge in [-0.05, 0) is 26.2 Å². The molecule has 0 fully saturated rings. The summed E-state index contributed by atoms with van der Waals surface area (Å²) in [5.41, 5.74) is -1.27. The zero-order chi connectivity index (χ0) is 13.1. The second-order valence-electron chi connectivity index (χ2n) is 5.74. The van der Waals surface area contributed by atoms with Gasteiger partial charge in [0.05, 0.1) is 0 Å². The molecule has 0 aliphatic rings. The Morgan fingerprint density at radius 3 is 1.81 bits per heavy atom. The van der Waals surface area contributed by atoms with Gasteiger partial charge in [-0.25, -0.2) is 4.79 Å². The van der Waals surface area contributed by atoms with Gasteiger partial charge < -0.3 is 10.0 Å². The fraction of sp³-hybridized carbons (Fsp3) is 0.833. The van der Waals surface area contributed by atoms with Crippen molar-refractivity contribution in [1.82, 2.24) is 4.90 Å². The first-order chi connectivity index (χ1) is 7.02. The van der Waals surface area contributed by atoms with E-state index >= 15 is 0 Å². The van der Waals surface area contributed by atoms with Gasteiger partial charge in [-0.3, -0.25) is 4.79 Å². The molecule has 0 aliphatic heterocycles. The van der Waals surface area contributed by atoms with E-state index < -0.39 is 11.5 Å². The van der Waals surface area contributed by atoms with Crippen LogP contribution in [0, 0.1) is 5.41 Å². The van der Waals surface area contributed by atoms with Crippen LogP contribution >= 0.6 is 0 Å². The molecule has 0 aromatic carbocycles. The molecule has 0 radical (unpaired) electrons. The Bertz CT molecular complexity index is 276. The maximum atomic E-state index is 12.0. The molecule has 0 aromatic heterocycles. The molecule has 0 heterocycles. The van der Waals surface area contributed by atoms with Crippen LogP contribution in [0.3, 0.4) is 0 Å². The fourth-order valence-corrected chi connectivity index (χ4v) is 1.55. The molecule has 0 bridgehead atoms. The van der Waals surface area contributed by atoms with Gasteiger partial charge in [0.25, 0.3) is 0 Å². The van der Waals surface area contributed by atoms with Crippen LogP contribution in [0.2, 0.25) is 0 Å². The Morgan fingerprint density at radius 1 is 1.12 bits per heavy atom. The van der Waals surface area contributed by atoms with Gasteiger partial charge in [-0.1, -0.05) is 20.8 Å². The molecule has 4 nitrogen and oxygen atoms in total. The summed E-state index contributed by atoms with van der Waals surface area (Å²) >= 11 is 0. The van der Waals surface area contributed by atoms with Gasteiger partial charge >= 0.3 is 5.97 Å². The Morgan fingerprint density at radius 2 is 1.56 bits per heavy atom.